The van der Waals surface area contributed by atoms with Crippen LogP contribution >= 0.6 is 11.3 Å². The quantitative estimate of drug-likeness (QED) is 0.420. The van der Waals surface area contributed by atoms with Crippen molar-refractivity contribution in [2.75, 3.05) is 0 Å². The zero-order valence-corrected chi connectivity index (χ0v) is 19.0. The lowest BCUT2D eigenvalue weighted by molar-refractivity contribution is 0.0932. The highest BCUT2D eigenvalue weighted by Crippen LogP contribution is 2.41. The average Bonchev–Trinajstić information content (AvgIpc) is 3.54. The number of nitrogens with one attached hydrogen (secondary N) is 1. The molecule has 5 rings (SSSR count). The van der Waals surface area contributed by atoms with Crippen LogP contribution in [-0.2, 0) is 0 Å². The molecule has 170 valence electrons. The summed E-state index contributed by atoms with van der Waals surface area (Å²) in [6, 6.07) is 13.5. The fraction of sp³-hybridized carbons (Fsp3) is 0.192. The number of carbonyl (C=O) groups is 1. The predicted molar refractivity (Wildman–Crippen MR) is 126 cm³/mol. The van der Waals surface area contributed by atoms with Gasteiger partial charge < -0.3 is 5.32 Å². The van der Waals surface area contributed by atoms with Crippen LogP contribution in [0.3, 0.4) is 0 Å². The van der Waals surface area contributed by atoms with E-state index in [0.717, 1.165) is 24.2 Å². The summed E-state index contributed by atoms with van der Waals surface area (Å²) in [5.74, 6) is -1.46. The van der Waals surface area contributed by atoms with Gasteiger partial charge in [0, 0.05) is 11.1 Å². The van der Waals surface area contributed by atoms with Gasteiger partial charge >= 0.3 is 0 Å². The molecule has 34 heavy (non-hydrogen) atoms. The Morgan fingerprint density at radius 1 is 1.21 bits per heavy atom. The van der Waals surface area contributed by atoms with Crippen LogP contribution in [0.2, 0.25) is 0 Å². The van der Waals surface area contributed by atoms with Crippen LogP contribution in [-0.4, -0.2) is 10.5 Å². The van der Waals surface area contributed by atoms with Crippen molar-refractivity contribution in [3.05, 3.63) is 98.3 Å². The lowest BCUT2D eigenvalue weighted by atomic mass is 9.99. The molecule has 1 aliphatic carbocycles. The summed E-state index contributed by atoms with van der Waals surface area (Å²) in [6.07, 6.45) is 1.80. The fourth-order valence-electron chi connectivity index (χ4n) is 4.43. The molecule has 1 N–H and O–H groups in total. The molecule has 0 saturated heterocycles. The van der Waals surface area contributed by atoms with Crippen LogP contribution < -0.4 is 10.9 Å². The van der Waals surface area contributed by atoms with Crippen LogP contribution in [0.1, 0.15) is 46.1 Å². The first kappa shape index (κ1) is 22.0. The highest BCUT2D eigenvalue weighted by molar-refractivity contribution is 7.12. The Morgan fingerprint density at radius 2 is 1.97 bits per heavy atom. The first-order valence-electron chi connectivity index (χ1n) is 10.8. The number of halogens is 2. The SMILES string of the molecule is Cc1c(C(=O)N[C@H](c2cccc(F)c2)C2CC2)c2cccc(F)c2c(=O)n1-c1sccc1C#N. The number of hydrogen-bond donors (Lipinski definition) is 1. The van der Waals surface area contributed by atoms with Gasteiger partial charge in [-0.25, -0.2) is 8.78 Å². The van der Waals surface area contributed by atoms with E-state index < -0.39 is 29.1 Å². The van der Waals surface area contributed by atoms with Crippen molar-refractivity contribution in [2.45, 2.75) is 25.8 Å². The first-order chi connectivity index (χ1) is 16.4. The first-order valence-corrected chi connectivity index (χ1v) is 11.7. The number of aromatic nitrogens is 1. The largest absolute Gasteiger partial charge is 0.345 e. The lowest BCUT2D eigenvalue weighted by Crippen LogP contribution is -2.33. The molecule has 0 unspecified atom stereocenters. The number of nitriles is 1. The number of fused-ring (bicyclic) bond motifs is 1. The molecule has 1 amide bonds. The molecule has 5 nitrogen and oxygen atoms in total. The summed E-state index contributed by atoms with van der Waals surface area (Å²) in [5, 5.41) is 14.5. The van der Waals surface area contributed by atoms with Crippen LogP contribution in [0, 0.1) is 35.8 Å². The number of amides is 1. The number of nitrogens with zero attached hydrogens (tertiary/aromatic N) is 2. The number of carbonyl (C=O) groups excluding carboxylic acids is 1. The van der Waals surface area contributed by atoms with Crippen LogP contribution in [0.5, 0.6) is 0 Å². The highest BCUT2D eigenvalue weighted by atomic mass is 32.1. The Hall–Kier alpha value is -3.83. The minimum Gasteiger partial charge on any atom is -0.345 e. The molecule has 1 aliphatic rings. The van der Waals surface area contributed by atoms with E-state index in [-0.39, 0.29) is 27.8 Å². The minimum absolute atomic E-state index is 0.147. The molecule has 2 heterocycles. The lowest BCUT2D eigenvalue weighted by Gasteiger charge is -2.22. The number of rotatable bonds is 5. The molecule has 1 atom stereocenters. The molecule has 1 fully saturated rings. The van der Waals surface area contributed by atoms with E-state index >= 15 is 0 Å². The third kappa shape index (κ3) is 3.68. The van der Waals surface area contributed by atoms with Gasteiger partial charge in [-0.1, -0.05) is 24.3 Å². The average molecular weight is 476 g/mol. The summed E-state index contributed by atoms with van der Waals surface area (Å²) >= 11 is 1.16. The van der Waals surface area contributed by atoms with Gasteiger partial charge in [-0.2, -0.15) is 5.26 Å². The summed E-state index contributed by atoms with van der Waals surface area (Å²) < 4.78 is 30.0. The van der Waals surface area contributed by atoms with Crippen LogP contribution in [0.25, 0.3) is 15.8 Å². The molecule has 2 aromatic heterocycles. The summed E-state index contributed by atoms with van der Waals surface area (Å²) in [4.78, 5) is 27.0. The molecule has 0 aliphatic heterocycles. The standard InChI is InChI=1S/C26H19F2N3O2S/c1-14-21(24(32)30-23(15-8-9-15)16-4-2-5-18(27)12-16)19-6-3-7-20(28)22(19)25(33)31(14)26-17(13-29)10-11-34-26/h2-7,10-12,15,23H,8-9H2,1H3,(H,30,32)/t23-/m0/s1. The van der Waals surface area contributed by atoms with Gasteiger partial charge in [-0.05, 0) is 60.9 Å². The van der Waals surface area contributed by atoms with E-state index in [1.807, 2.05) is 6.07 Å². The maximum absolute atomic E-state index is 14.9. The maximum atomic E-state index is 14.9. The van der Waals surface area contributed by atoms with Crippen LogP contribution in [0.4, 0.5) is 8.78 Å². The van der Waals surface area contributed by atoms with Gasteiger partial charge in [0.1, 0.15) is 22.7 Å². The van der Waals surface area contributed by atoms with Gasteiger partial charge in [0.15, 0.2) is 0 Å². The van der Waals surface area contributed by atoms with E-state index in [1.165, 1.54) is 28.8 Å². The third-order valence-corrected chi connectivity index (χ3v) is 7.08. The Labute approximate surface area is 197 Å². The van der Waals surface area contributed by atoms with Crippen molar-refractivity contribution < 1.29 is 13.6 Å². The van der Waals surface area contributed by atoms with Crippen molar-refractivity contribution in [2.24, 2.45) is 5.92 Å². The van der Waals surface area contributed by atoms with Crippen molar-refractivity contribution >= 4 is 28.0 Å². The van der Waals surface area contributed by atoms with E-state index in [4.69, 9.17) is 0 Å². The minimum atomic E-state index is -0.746. The molecule has 8 heteroatoms. The Kier molecular flexibility index (Phi) is 5.50. The zero-order chi connectivity index (χ0) is 24.0. The van der Waals surface area contributed by atoms with Gasteiger partial charge in [-0.3, -0.25) is 14.2 Å². The van der Waals surface area contributed by atoms with Crippen molar-refractivity contribution in [3.63, 3.8) is 0 Å². The number of hydrogen-bond acceptors (Lipinski definition) is 4. The predicted octanol–water partition coefficient (Wildman–Crippen LogP) is 5.39. The van der Waals surface area contributed by atoms with E-state index in [0.29, 0.717) is 16.3 Å². The highest BCUT2D eigenvalue weighted by Gasteiger charge is 2.35. The van der Waals surface area contributed by atoms with E-state index in [9.17, 15) is 23.6 Å². The van der Waals surface area contributed by atoms with Gasteiger partial charge in [0.05, 0.1) is 22.6 Å². The second kappa shape index (κ2) is 8.50. The smallest absolute Gasteiger partial charge is 0.266 e. The second-order valence-electron chi connectivity index (χ2n) is 8.36. The third-order valence-electron chi connectivity index (χ3n) is 6.18. The summed E-state index contributed by atoms with van der Waals surface area (Å²) in [5.41, 5.74) is 0.724. The molecule has 0 bridgehead atoms. The van der Waals surface area contributed by atoms with E-state index in [2.05, 4.69) is 5.32 Å². The fourth-order valence-corrected chi connectivity index (χ4v) is 5.33. The summed E-state index contributed by atoms with van der Waals surface area (Å²) in [7, 11) is 0. The number of benzene rings is 2. The Morgan fingerprint density at radius 3 is 2.68 bits per heavy atom. The maximum Gasteiger partial charge on any atom is 0.266 e. The Bertz CT molecular complexity index is 1550. The zero-order valence-electron chi connectivity index (χ0n) is 18.1. The van der Waals surface area contributed by atoms with Gasteiger partial charge in [-0.15, -0.1) is 11.3 Å². The van der Waals surface area contributed by atoms with Gasteiger partial charge in [0.25, 0.3) is 11.5 Å². The monoisotopic (exact) mass is 475 g/mol. The molecule has 2 aromatic carbocycles. The summed E-state index contributed by atoms with van der Waals surface area (Å²) in [6.45, 7) is 1.61. The van der Waals surface area contributed by atoms with Crippen molar-refractivity contribution in [1.29, 1.82) is 5.26 Å². The van der Waals surface area contributed by atoms with Crippen molar-refractivity contribution in [1.82, 2.24) is 9.88 Å². The number of thiophene rings is 1. The van der Waals surface area contributed by atoms with Gasteiger partial charge in [0.2, 0.25) is 0 Å². The Balaban J connectivity index is 1.70. The van der Waals surface area contributed by atoms with Crippen molar-refractivity contribution in [3.8, 4) is 11.1 Å². The molecule has 0 radical (unpaired) electrons. The molecular weight excluding hydrogens is 456 g/mol. The molecule has 4 aromatic rings. The molecule has 0 spiro atoms. The van der Waals surface area contributed by atoms with Crippen LogP contribution in [0.15, 0.2) is 58.7 Å². The molecular formula is C26H19F2N3O2S. The second-order valence-corrected chi connectivity index (χ2v) is 9.25. The number of pyridine rings is 1. The molecule has 1 saturated carbocycles. The van der Waals surface area contributed by atoms with E-state index in [1.54, 1.807) is 36.6 Å². The normalized spacial score (nSPS) is 14.1. The topological polar surface area (TPSA) is 74.9 Å².